The van der Waals surface area contributed by atoms with Crippen molar-refractivity contribution in [3.63, 3.8) is 0 Å². The fourth-order valence-corrected chi connectivity index (χ4v) is 2.66. The first-order chi connectivity index (χ1) is 10.6. The van der Waals surface area contributed by atoms with E-state index < -0.39 is 5.82 Å². The predicted molar refractivity (Wildman–Crippen MR) is 80.9 cm³/mol. The fourth-order valence-electron chi connectivity index (χ4n) is 2.66. The van der Waals surface area contributed by atoms with E-state index in [-0.39, 0.29) is 11.7 Å². The van der Waals surface area contributed by atoms with Crippen molar-refractivity contribution in [3.05, 3.63) is 65.7 Å². The Bertz CT molecular complexity index is 682. The Hall–Kier alpha value is -2.43. The minimum atomic E-state index is -0.421. The average Bonchev–Trinajstić information content (AvgIpc) is 2.55. The van der Waals surface area contributed by atoms with E-state index in [0.717, 1.165) is 0 Å². The molecule has 0 bridgehead atoms. The Balaban J connectivity index is 1.67. The second-order valence-electron chi connectivity index (χ2n) is 5.24. The van der Waals surface area contributed by atoms with Crippen LogP contribution in [0.15, 0.2) is 48.5 Å². The maximum Gasteiger partial charge on any atom is 0.254 e. The van der Waals surface area contributed by atoms with E-state index in [2.05, 4.69) is 0 Å². The van der Waals surface area contributed by atoms with Gasteiger partial charge in [-0.1, -0.05) is 18.2 Å². The van der Waals surface area contributed by atoms with Crippen LogP contribution in [0.5, 0.6) is 0 Å². The zero-order valence-corrected chi connectivity index (χ0v) is 12.0. The van der Waals surface area contributed by atoms with Gasteiger partial charge in [-0.15, -0.1) is 0 Å². The average molecular weight is 302 g/mol. The molecule has 5 heteroatoms. The maximum absolute atomic E-state index is 13.8. The summed E-state index contributed by atoms with van der Waals surface area (Å²) < 4.78 is 27.0. The van der Waals surface area contributed by atoms with Crippen molar-refractivity contribution in [1.29, 1.82) is 0 Å². The van der Waals surface area contributed by atoms with Crippen LogP contribution >= 0.6 is 0 Å². The summed E-state index contributed by atoms with van der Waals surface area (Å²) in [5.74, 6) is -0.865. The minimum Gasteiger partial charge on any atom is -0.366 e. The first-order valence-electron chi connectivity index (χ1n) is 7.19. The summed E-state index contributed by atoms with van der Waals surface area (Å²) in [4.78, 5) is 15.9. The Labute approximate surface area is 127 Å². The summed E-state index contributed by atoms with van der Waals surface area (Å²) in [6.45, 7) is 2.09. The van der Waals surface area contributed by atoms with Crippen molar-refractivity contribution < 1.29 is 13.6 Å². The fraction of sp³-hybridized carbons (Fsp3) is 0.235. The highest BCUT2D eigenvalue weighted by molar-refractivity contribution is 5.94. The van der Waals surface area contributed by atoms with Gasteiger partial charge < -0.3 is 9.80 Å². The Morgan fingerprint density at radius 3 is 2.32 bits per heavy atom. The maximum atomic E-state index is 13.8. The van der Waals surface area contributed by atoms with Gasteiger partial charge in [-0.2, -0.15) is 0 Å². The summed E-state index contributed by atoms with van der Waals surface area (Å²) in [5.41, 5.74) is 0.902. The van der Waals surface area contributed by atoms with Crippen LogP contribution in [0.3, 0.4) is 0 Å². The number of halogens is 2. The molecule has 1 fully saturated rings. The van der Waals surface area contributed by atoms with Gasteiger partial charge in [-0.25, -0.2) is 8.78 Å². The Morgan fingerprint density at radius 1 is 0.909 bits per heavy atom. The number of carbonyl (C=O) groups is 1. The predicted octanol–water partition coefficient (Wildman–Crippen LogP) is 2.93. The van der Waals surface area contributed by atoms with E-state index in [1.807, 2.05) is 4.90 Å². The second kappa shape index (κ2) is 6.13. The lowest BCUT2D eigenvalue weighted by Gasteiger charge is -2.36. The molecule has 1 amide bonds. The summed E-state index contributed by atoms with van der Waals surface area (Å²) in [7, 11) is 0. The normalized spacial score (nSPS) is 15.0. The number of anilines is 1. The molecule has 0 atom stereocenters. The number of hydrogen-bond donors (Lipinski definition) is 0. The van der Waals surface area contributed by atoms with Gasteiger partial charge in [0.05, 0.1) is 5.69 Å². The quantitative estimate of drug-likeness (QED) is 0.851. The summed E-state index contributed by atoms with van der Waals surface area (Å²) in [5, 5.41) is 0. The highest BCUT2D eigenvalue weighted by Gasteiger charge is 2.23. The van der Waals surface area contributed by atoms with Gasteiger partial charge >= 0.3 is 0 Å². The van der Waals surface area contributed by atoms with Crippen molar-refractivity contribution >= 4 is 11.6 Å². The standard InChI is InChI=1S/C17H16F2N2O/c18-14-5-3-4-13(12-14)17(22)21-10-8-20(9-11-21)16-7-2-1-6-15(16)19/h1-7,12H,8-11H2. The van der Waals surface area contributed by atoms with Crippen LogP contribution in [0.25, 0.3) is 0 Å². The zero-order chi connectivity index (χ0) is 15.5. The van der Waals surface area contributed by atoms with Crippen molar-refractivity contribution in [2.75, 3.05) is 31.1 Å². The summed E-state index contributed by atoms with van der Waals surface area (Å²) >= 11 is 0. The largest absolute Gasteiger partial charge is 0.366 e. The van der Waals surface area contributed by atoms with Crippen LogP contribution in [-0.2, 0) is 0 Å². The van der Waals surface area contributed by atoms with Gasteiger partial charge in [0, 0.05) is 31.7 Å². The number of benzene rings is 2. The Kier molecular flexibility index (Phi) is 4.04. The molecule has 0 N–H and O–H groups in total. The van der Waals surface area contributed by atoms with Crippen LogP contribution in [0.1, 0.15) is 10.4 Å². The molecule has 2 aromatic rings. The number of rotatable bonds is 2. The van der Waals surface area contributed by atoms with Gasteiger partial charge in [0.15, 0.2) is 0 Å². The second-order valence-corrected chi connectivity index (χ2v) is 5.24. The van der Waals surface area contributed by atoms with E-state index in [9.17, 15) is 13.6 Å². The molecule has 0 aliphatic carbocycles. The molecule has 0 saturated carbocycles. The van der Waals surface area contributed by atoms with Crippen molar-refractivity contribution in [2.45, 2.75) is 0 Å². The van der Waals surface area contributed by atoms with E-state index in [1.165, 1.54) is 24.3 Å². The number of carbonyl (C=O) groups excluding carboxylic acids is 1. The number of amides is 1. The molecule has 1 saturated heterocycles. The van der Waals surface area contributed by atoms with Gasteiger partial charge in [-0.3, -0.25) is 4.79 Å². The summed E-state index contributed by atoms with van der Waals surface area (Å²) in [6, 6.07) is 12.3. The van der Waals surface area contributed by atoms with Crippen LogP contribution < -0.4 is 4.90 Å². The third-order valence-corrected chi connectivity index (χ3v) is 3.83. The molecule has 3 nitrogen and oxygen atoms in total. The zero-order valence-electron chi connectivity index (χ0n) is 12.0. The Morgan fingerprint density at radius 2 is 1.64 bits per heavy atom. The molecular formula is C17H16F2N2O. The van der Waals surface area contributed by atoms with E-state index in [1.54, 1.807) is 29.2 Å². The molecule has 0 aromatic heterocycles. The van der Waals surface area contributed by atoms with Gasteiger partial charge in [0.25, 0.3) is 5.91 Å². The molecule has 0 spiro atoms. The monoisotopic (exact) mass is 302 g/mol. The molecule has 3 rings (SSSR count). The first kappa shape index (κ1) is 14.5. The lowest BCUT2D eigenvalue weighted by Crippen LogP contribution is -2.49. The molecule has 0 unspecified atom stereocenters. The molecule has 1 aliphatic heterocycles. The third kappa shape index (κ3) is 2.93. The number of piperazine rings is 1. The number of nitrogens with zero attached hydrogens (tertiary/aromatic N) is 2. The molecule has 0 radical (unpaired) electrons. The SMILES string of the molecule is O=C(c1cccc(F)c1)N1CCN(c2ccccc2F)CC1. The molecule has 2 aromatic carbocycles. The van der Waals surface area contributed by atoms with Gasteiger partial charge in [0.1, 0.15) is 11.6 Å². The number of hydrogen-bond acceptors (Lipinski definition) is 2. The number of para-hydroxylation sites is 1. The van der Waals surface area contributed by atoms with Crippen molar-refractivity contribution in [2.24, 2.45) is 0 Å². The van der Waals surface area contributed by atoms with Crippen LogP contribution in [0.4, 0.5) is 14.5 Å². The van der Waals surface area contributed by atoms with E-state index in [0.29, 0.717) is 37.4 Å². The van der Waals surface area contributed by atoms with Gasteiger partial charge in [0.2, 0.25) is 0 Å². The molecule has 22 heavy (non-hydrogen) atoms. The van der Waals surface area contributed by atoms with Crippen molar-refractivity contribution in [1.82, 2.24) is 4.90 Å². The topological polar surface area (TPSA) is 23.6 Å². The van der Waals surface area contributed by atoms with E-state index in [4.69, 9.17) is 0 Å². The van der Waals surface area contributed by atoms with Crippen LogP contribution in [-0.4, -0.2) is 37.0 Å². The van der Waals surface area contributed by atoms with Crippen LogP contribution in [0.2, 0.25) is 0 Å². The lowest BCUT2D eigenvalue weighted by molar-refractivity contribution is 0.0746. The molecule has 1 heterocycles. The smallest absolute Gasteiger partial charge is 0.254 e. The van der Waals surface area contributed by atoms with Crippen LogP contribution in [0, 0.1) is 11.6 Å². The summed E-state index contributed by atoms with van der Waals surface area (Å²) in [6.07, 6.45) is 0. The van der Waals surface area contributed by atoms with E-state index >= 15 is 0 Å². The first-order valence-corrected chi connectivity index (χ1v) is 7.19. The molecule has 114 valence electrons. The molecule has 1 aliphatic rings. The van der Waals surface area contributed by atoms with Gasteiger partial charge in [-0.05, 0) is 30.3 Å². The third-order valence-electron chi connectivity index (χ3n) is 3.83. The highest BCUT2D eigenvalue weighted by atomic mass is 19.1. The lowest BCUT2D eigenvalue weighted by atomic mass is 10.1. The highest BCUT2D eigenvalue weighted by Crippen LogP contribution is 2.20. The minimum absolute atomic E-state index is 0.187. The molecular weight excluding hydrogens is 286 g/mol. The van der Waals surface area contributed by atoms with Crippen molar-refractivity contribution in [3.8, 4) is 0 Å².